The maximum atomic E-state index is 12.8. The molecule has 2 aromatic rings. The van der Waals surface area contributed by atoms with Crippen molar-refractivity contribution in [2.45, 2.75) is 0 Å². The van der Waals surface area contributed by atoms with Crippen molar-refractivity contribution in [1.29, 1.82) is 0 Å². The molecular formula is C19H17FN2O3. The summed E-state index contributed by atoms with van der Waals surface area (Å²) in [6, 6.07) is 12.1. The number of carbonyl (C=O) groups is 2. The van der Waals surface area contributed by atoms with Crippen LogP contribution >= 0.6 is 0 Å². The Kier molecular flexibility index (Phi) is 6.47. The number of benzene rings is 2. The summed E-state index contributed by atoms with van der Waals surface area (Å²) in [6.45, 7) is 3.99. The van der Waals surface area contributed by atoms with E-state index in [1.54, 1.807) is 36.4 Å². The molecule has 0 heterocycles. The third kappa shape index (κ3) is 5.95. The van der Waals surface area contributed by atoms with Gasteiger partial charge in [-0.3, -0.25) is 20.4 Å². The molecule has 0 aromatic heterocycles. The van der Waals surface area contributed by atoms with Gasteiger partial charge in [-0.2, -0.15) is 0 Å². The fraction of sp³-hybridized carbons (Fsp3) is 0.0526. The lowest BCUT2D eigenvalue weighted by Crippen LogP contribution is -2.40. The predicted molar refractivity (Wildman–Crippen MR) is 93.2 cm³/mol. The summed E-state index contributed by atoms with van der Waals surface area (Å²) >= 11 is 0. The van der Waals surface area contributed by atoms with Gasteiger partial charge < -0.3 is 4.74 Å². The molecule has 6 heteroatoms. The highest BCUT2D eigenvalue weighted by Gasteiger charge is 2.05. The van der Waals surface area contributed by atoms with Crippen LogP contribution in [0.4, 0.5) is 4.39 Å². The second-order valence-corrected chi connectivity index (χ2v) is 4.95. The highest BCUT2D eigenvalue weighted by atomic mass is 19.1. The van der Waals surface area contributed by atoms with Crippen LogP contribution in [0.15, 0.2) is 67.3 Å². The molecule has 5 nitrogen and oxygen atoms in total. The molecule has 0 aliphatic heterocycles. The topological polar surface area (TPSA) is 67.4 Å². The van der Waals surface area contributed by atoms with Crippen LogP contribution in [-0.4, -0.2) is 18.4 Å². The molecule has 0 radical (unpaired) electrons. The zero-order chi connectivity index (χ0) is 18.1. The van der Waals surface area contributed by atoms with Gasteiger partial charge in [0.15, 0.2) is 0 Å². The molecule has 0 saturated carbocycles. The average molecular weight is 340 g/mol. The van der Waals surface area contributed by atoms with Crippen molar-refractivity contribution >= 4 is 17.9 Å². The molecule has 0 saturated heterocycles. The largest absolute Gasteiger partial charge is 0.490 e. The predicted octanol–water partition coefficient (Wildman–Crippen LogP) is 2.86. The summed E-state index contributed by atoms with van der Waals surface area (Å²) in [5.74, 6) is -0.773. The summed E-state index contributed by atoms with van der Waals surface area (Å²) < 4.78 is 18.1. The summed E-state index contributed by atoms with van der Waals surface area (Å²) in [7, 11) is 0. The third-order valence-electron chi connectivity index (χ3n) is 3.08. The van der Waals surface area contributed by atoms with Gasteiger partial charge in [-0.25, -0.2) is 4.39 Å². The summed E-state index contributed by atoms with van der Waals surface area (Å²) in [5, 5.41) is 0. The Morgan fingerprint density at radius 3 is 2.36 bits per heavy atom. The van der Waals surface area contributed by atoms with Crippen molar-refractivity contribution in [3.8, 4) is 5.75 Å². The first-order chi connectivity index (χ1) is 12.1. The van der Waals surface area contributed by atoms with Gasteiger partial charge in [0.25, 0.3) is 11.8 Å². The first-order valence-corrected chi connectivity index (χ1v) is 7.46. The number of hydrazine groups is 1. The van der Waals surface area contributed by atoms with Crippen LogP contribution in [0.3, 0.4) is 0 Å². The van der Waals surface area contributed by atoms with Crippen molar-refractivity contribution < 1.29 is 18.7 Å². The van der Waals surface area contributed by atoms with Crippen molar-refractivity contribution in [2.75, 3.05) is 6.61 Å². The van der Waals surface area contributed by atoms with Crippen molar-refractivity contribution in [2.24, 2.45) is 0 Å². The number of hydrogen-bond acceptors (Lipinski definition) is 3. The smallest absolute Gasteiger partial charge is 0.269 e. The zero-order valence-electron chi connectivity index (χ0n) is 13.4. The van der Waals surface area contributed by atoms with Crippen molar-refractivity contribution in [3.05, 3.63) is 84.2 Å². The number of carbonyl (C=O) groups excluding carboxylic acids is 2. The van der Waals surface area contributed by atoms with E-state index in [4.69, 9.17) is 4.74 Å². The number of hydrogen-bond donors (Lipinski definition) is 2. The minimum Gasteiger partial charge on any atom is -0.490 e. The van der Waals surface area contributed by atoms with Gasteiger partial charge in [-0.15, -0.1) is 0 Å². The molecule has 2 amide bonds. The van der Waals surface area contributed by atoms with E-state index < -0.39 is 17.6 Å². The molecule has 0 spiro atoms. The zero-order valence-corrected chi connectivity index (χ0v) is 13.4. The quantitative estimate of drug-likeness (QED) is 0.483. The lowest BCUT2D eigenvalue weighted by Gasteiger charge is -2.05. The number of halogens is 1. The van der Waals surface area contributed by atoms with E-state index in [0.29, 0.717) is 12.4 Å². The second-order valence-electron chi connectivity index (χ2n) is 4.95. The molecule has 0 aliphatic carbocycles. The maximum Gasteiger partial charge on any atom is 0.269 e. The SMILES string of the molecule is C=CCOc1ccc(/C=C/C(=O)NNC(=O)c2ccc(F)cc2)cc1. The highest BCUT2D eigenvalue weighted by Crippen LogP contribution is 2.13. The van der Waals surface area contributed by atoms with E-state index in [2.05, 4.69) is 17.4 Å². The minimum absolute atomic E-state index is 0.237. The first kappa shape index (κ1) is 17.9. The van der Waals surface area contributed by atoms with E-state index in [0.717, 1.165) is 5.56 Å². The van der Waals surface area contributed by atoms with Gasteiger partial charge in [-0.05, 0) is 48.0 Å². The number of rotatable bonds is 6. The highest BCUT2D eigenvalue weighted by molar-refractivity contribution is 5.97. The number of amides is 2. The molecule has 0 bridgehead atoms. The standard InChI is InChI=1S/C19H17FN2O3/c1-2-13-25-17-10-3-14(4-11-17)5-12-18(23)21-22-19(24)15-6-8-16(20)9-7-15/h2-12H,1,13H2,(H,21,23)(H,22,24)/b12-5+. The molecule has 2 aromatic carbocycles. The fourth-order valence-corrected chi connectivity index (χ4v) is 1.84. The number of nitrogens with one attached hydrogen (secondary N) is 2. The van der Waals surface area contributed by atoms with Gasteiger partial charge in [0.1, 0.15) is 18.2 Å². The van der Waals surface area contributed by atoms with Crippen molar-refractivity contribution in [1.82, 2.24) is 10.9 Å². The van der Waals surface area contributed by atoms with E-state index in [9.17, 15) is 14.0 Å². The molecule has 128 valence electrons. The molecule has 25 heavy (non-hydrogen) atoms. The van der Waals surface area contributed by atoms with E-state index in [1.165, 1.54) is 30.3 Å². The third-order valence-corrected chi connectivity index (χ3v) is 3.08. The molecule has 0 aliphatic rings. The number of ether oxygens (including phenoxy) is 1. The maximum absolute atomic E-state index is 12.8. The van der Waals surface area contributed by atoms with E-state index >= 15 is 0 Å². The van der Waals surface area contributed by atoms with Crippen LogP contribution in [0.1, 0.15) is 15.9 Å². The molecule has 0 unspecified atom stereocenters. The normalized spacial score (nSPS) is 10.3. The molecular weight excluding hydrogens is 323 g/mol. The molecule has 2 rings (SSSR count). The molecule has 0 fully saturated rings. The van der Waals surface area contributed by atoms with E-state index in [-0.39, 0.29) is 5.56 Å². The van der Waals surface area contributed by atoms with Gasteiger partial charge in [0.05, 0.1) is 0 Å². The summed E-state index contributed by atoms with van der Waals surface area (Å²) in [5.41, 5.74) is 5.53. The van der Waals surface area contributed by atoms with Crippen LogP contribution in [0.2, 0.25) is 0 Å². The fourth-order valence-electron chi connectivity index (χ4n) is 1.84. The Bertz CT molecular complexity index is 768. The van der Waals surface area contributed by atoms with Crippen LogP contribution < -0.4 is 15.6 Å². The van der Waals surface area contributed by atoms with Crippen LogP contribution in [0.25, 0.3) is 6.08 Å². The van der Waals surface area contributed by atoms with Gasteiger partial charge in [-0.1, -0.05) is 24.8 Å². The lowest BCUT2D eigenvalue weighted by atomic mass is 10.2. The minimum atomic E-state index is -0.537. The van der Waals surface area contributed by atoms with Crippen molar-refractivity contribution in [3.63, 3.8) is 0 Å². The van der Waals surface area contributed by atoms with Crippen LogP contribution in [0, 0.1) is 5.82 Å². The molecule has 2 N–H and O–H groups in total. The Hall–Kier alpha value is -3.41. The Morgan fingerprint density at radius 1 is 1.04 bits per heavy atom. The van der Waals surface area contributed by atoms with Crippen LogP contribution in [-0.2, 0) is 4.79 Å². The summed E-state index contributed by atoms with van der Waals surface area (Å²) in [6.07, 6.45) is 4.53. The van der Waals surface area contributed by atoms with Gasteiger partial charge >= 0.3 is 0 Å². The van der Waals surface area contributed by atoms with E-state index in [1.807, 2.05) is 0 Å². The Morgan fingerprint density at radius 2 is 1.72 bits per heavy atom. The average Bonchev–Trinajstić information content (AvgIpc) is 2.64. The van der Waals surface area contributed by atoms with Crippen LogP contribution in [0.5, 0.6) is 5.75 Å². The molecule has 0 atom stereocenters. The Balaban J connectivity index is 1.82. The Labute approximate surface area is 144 Å². The second kappa shape index (κ2) is 9.02. The van der Waals surface area contributed by atoms with Gasteiger partial charge in [0, 0.05) is 11.6 Å². The first-order valence-electron chi connectivity index (χ1n) is 7.46. The monoisotopic (exact) mass is 340 g/mol. The summed E-state index contributed by atoms with van der Waals surface area (Å²) in [4.78, 5) is 23.5. The lowest BCUT2D eigenvalue weighted by molar-refractivity contribution is -0.117. The van der Waals surface area contributed by atoms with Gasteiger partial charge in [0.2, 0.25) is 0 Å².